The Hall–Kier alpha value is -3.24. The van der Waals surface area contributed by atoms with E-state index in [0.717, 1.165) is 56.6 Å². The summed E-state index contributed by atoms with van der Waals surface area (Å²) in [5, 5.41) is 3.75. The number of halogens is 2. The third-order valence-electron chi connectivity index (χ3n) is 6.29. The molecule has 5 nitrogen and oxygen atoms in total. The summed E-state index contributed by atoms with van der Waals surface area (Å²) in [5.74, 6) is 0.786. The fourth-order valence-electron chi connectivity index (χ4n) is 4.42. The number of ether oxygens (including phenoxy) is 2. The van der Waals surface area contributed by atoms with Crippen molar-refractivity contribution >= 4 is 56.7 Å². The number of nitrogens with one attached hydrogen (secondary N) is 1. The van der Waals surface area contributed by atoms with Crippen LogP contribution in [0.3, 0.4) is 0 Å². The molecule has 0 aliphatic heterocycles. The van der Waals surface area contributed by atoms with Crippen LogP contribution in [0.4, 0.5) is 15.1 Å². The first-order chi connectivity index (χ1) is 18.5. The van der Waals surface area contributed by atoms with Crippen LogP contribution < -0.4 is 14.8 Å². The van der Waals surface area contributed by atoms with Gasteiger partial charge in [-0.15, -0.1) is 11.3 Å². The minimum atomic E-state index is -0.281. The van der Waals surface area contributed by atoms with E-state index in [1.54, 1.807) is 36.8 Å². The predicted molar refractivity (Wildman–Crippen MR) is 159 cm³/mol. The minimum absolute atomic E-state index is 0.126. The molecule has 0 bridgehead atoms. The molecule has 0 fully saturated rings. The Kier molecular flexibility index (Phi) is 8.38. The number of aryl methyl sites for hydroxylation is 1. The summed E-state index contributed by atoms with van der Waals surface area (Å²) in [6.45, 7) is 0.292. The van der Waals surface area contributed by atoms with Crippen molar-refractivity contribution < 1.29 is 18.7 Å². The number of aliphatic imine (C=N–C) groups is 1. The number of anilines is 1. The Morgan fingerprint density at radius 2 is 1.87 bits per heavy atom. The highest BCUT2D eigenvalue weighted by atomic mass is 127. The molecule has 0 saturated carbocycles. The molecule has 1 aliphatic rings. The highest BCUT2D eigenvalue weighted by Crippen LogP contribution is 2.40. The van der Waals surface area contributed by atoms with Crippen molar-refractivity contribution in [3.8, 4) is 11.5 Å². The van der Waals surface area contributed by atoms with E-state index in [4.69, 9.17) is 14.5 Å². The standard InChI is InChI=1S/C30H26FIN2O3S/c1-36-25-16-20(15-24(32)28(25)37-18-19-11-13-21(31)14-12-19)17-33-30-27(23-9-5-6-10-26(23)38-30)29(35)34-22-7-3-2-4-8-22/h2-4,7-8,11-17H,5-6,9-10,18H2,1H3,(H,34,35). The lowest BCUT2D eigenvalue weighted by Crippen LogP contribution is -2.14. The molecule has 0 unspecified atom stereocenters. The van der Waals surface area contributed by atoms with Gasteiger partial charge in [-0.1, -0.05) is 30.3 Å². The van der Waals surface area contributed by atoms with Crippen LogP contribution in [0.1, 0.15) is 44.8 Å². The number of benzene rings is 3. The van der Waals surface area contributed by atoms with Crippen LogP contribution in [0.2, 0.25) is 0 Å². The SMILES string of the molecule is COc1cc(C=Nc2sc3c(c2C(=O)Nc2ccccc2)CCCC3)cc(I)c1OCc1ccc(F)cc1. The Bertz CT molecular complexity index is 1470. The summed E-state index contributed by atoms with van der Waals surface area (Å²) in [4.78, 5) is 19.4. The van der Waals surface area contributed by atoms with Crippen molar-refractivity contribution in [1.82, 2.24) is 0 Å². The van der Waals surface area contributed by atoms with E-state index in [1.807, 2.05) is 42.5 Å². The zero-order valence-electron chi connectivity index (χ0n) is 20.8. The molecule has 1 N–H and O–H groups in total. The Labute approximate surface area is 238 Å². The summed E-state index contributed by atoms with van der Waals surface area (Å²) in [6.07, 6.45) is 5.85. The Balaban J connectivity index is 1.40. The minimum Gasteiger partial charge on any atom is -0.493 e. The van der Waals surface area contributed by atoms with E-state index in [9.17, 15) is 9.18 Å². The zero-order chi connectivity index (χ0) is 26.5. The van der Waals surface area contributed by atoms with E-state index in [-0.39, 0.29) is 11.7 Å². The molecule has 4 aromatic rings. The van der Waals surface area contributed by atoms with Gasteiger partial charge in [0.1, 0.15) is 17.4 Å². The van der Waals surface area contributed by atoms with E-state index in [1.165, 1.54) is 17.0 Å². The van der Waals surface area contributed by atoms with Gasteiger partial charge in [0.2, 0.25) is 0 Å². The first-order valence-corrected chi connectivity index (χ1v) is 14.2. The molecular formula is C30H26FIN2O3S. The maximum absolute atomic E-state index is 13.3. The molecule has 38 heavy (non-hydrogen) atoms. The van der Waals surface area contributed by atoms with Gasteiger partial charge in [-0.2, -0.15) is 0 Å². The smallest absolute Gasteiger partial charge is 0.259 e. The number of carbonyl (C=O) groups is 1. The Morgan fingerprint density at radius 1 is 1.11 bits per heavy atom. The summed E-state index contributed by atoms with van der Waals surface area (Å²) in [5.41, 5.74) is 4.25. The van der Waals surface area contributed by atoms with Gasteiger partial charge in [-0.25, -0.2) is 9.38 Å². The predicted octanol–water partition coefficient (Wildman–Crippen LogP) is 7.96. The molecule has 194 valence electrons. The van der Waals surface area contributed by atoms with Gasteiger partial charge in [0, 0.05) is 16.8 Å². The molecule has 0 saturated heterocycles. The molecule has 8 heteroatoms. The van der Waals surface area contributed by atoms with Gasteiger partial charge in [0.25, 0.3) is 5.91 Å². The number of nitrogens with zero attached hydrogens (tertiary/aromatic N) is 1. The van der Waals surface area contributed by atoms with Gasteiger partial charge >= 0.3 is 0 Å². The largest absolute Gasteiger partial charge is 0.493 e. The third kappa shape index (κ3) is 6.07. The number of rotatable bonds is 8. The number of thiophene rings is 1. The lowest BCUT2D eigenvalue weighted by molar-refractivity contribution is 0.102. The summed E-state index contributed by atoms with van der Waals surface area (Å²) in [7, 11) is 1.59. The molecule has 1 amide bonds. The van der Waals surface area contributed by atoms with Crippen LogP contribution in [-0.2, 0) is 19.4 Å². The number of para-hydroxylation sites is 1. The first kappa shape index (κ1) is 26.4. The molecule has 0 atom stereocenters. The molecular weight excluding hydrogens is 614 g/mol. The number of fused-ring (bicyclic) bond motifs is 1. The van der Waals surface area contributed by atoms with Crippen LogP contribution in [0.5, 0.6) is 11.5 Å². The maximum Gasteiger partial charge on any atom is 0.259 e. The fourth-order valence-corrected chi connectivity index (χ4v) is 6.43. The maximum atomic E-state index is 13.3. The number of carbonyl (C=O) groups excluding carboxylic acids is 1. The van der Waals surface area contributed by atoms with Gasteiger partial charge in [-0.3, -0.25) is 4.79 Å². The first-order valence-electron chi connectivity index (χ1n) is 12.3. The molecule has 0 spiro atoms. The van der Waals surface area contributed by atoms with Gasteiger partial charge < -0.3 is 14.8 Å². The summed E-state index contributed by atoms with van der Waals surface area (Å²) in [6, 6.07) is 19.5. The van der Waals surface area contributed by atoms with Crippen LogP contribution >= 0.6 is 33.9 Å². The quantitative estimate of drug-likeness (QED) is 0.157. The third-order valence-corrected chi connectivity index (χ3v) is 8.29. The van der Waals surface area contributed by atoms with Crippen LogP contribution in [0, 0.1) is 9.39 Å². The number of amides is 1. The van der Waals surface area contributed by atoms with E-state index < -0.39 is 0 Å². The van der Waals surface area contributed by atoms with E-state index in [2.05, 4.69) is 27.9 Å². The van der Waals surface area contributed by atoms with Crippen molar-refractivity contribution in [2.45, 2.75) is 32.3 Å². The van der Waals surface area contributed by atoms with Crippen molar-refractivity contribution in [1.29, 1.82) is 0 Å². The van der Waals surface area contributed by atoms with Crippen molar-refractivity contribution in [2.24, 2.45) is 4.99 Å². The second kappa shape index (κ2) is 12.1. The van der Waals surface area contributed by atoms with Crippen molar-refractivity contribution in [2.75, 3.05) is 12.4 Å². The van der Waals surface area contributed by atoms with Gasteiger partial charge in [0.05, 0.1) is 16.2 Å². The summed E-state index contributed by atoms with van der Waals surface area (Å²) >= 11 is 3.81. The lowest BCUT2D eigenvalue weighted by atomic mass is 9.95. The van der Waals surface area contributed by atoms with Crippen LogP contribution in [0.25, 0.3) is 0 Å². The second-order valence-electron chi connectivity index (χ2n) is 8.92. The highest BCUT2D eigenvalue weighted by molar-refractivity contribution is 14.1. The topological polar surface area (TPSA) is 59.9 Å². The number of methoxy groups -OCH3 is 1. The highest BCUT2D eigenvalue weighted by Gasteiger charge is 2.25. The van der Waals surface area contributed by atoms with E-state index >= 15 is 0 Å². The van der Waals surface area contributed by atoms with Crippen molar-refractivity contribution in [3.63, 3.8) is 0 Å². The molecule has 5 rings (SSSR count). The normalized spacial score (nSPS) is 12.8. The van der Waals surface area contributed by atoms with Crippen LogP contribution in [-0.4, -0.2) is 19.2 Å². The molecule has 1 heterocycles. The molecule has 0 radical (unpaired) electrons. The molecule has 1 aromatic heterocycles. The monoisotopic (exact) mass is 640 g/mol. The van der Waals surface area contributed by atoms with Crippen molar-refractivity contribution in [3.05, 3.63) is 103 Å². The van der Waals surface area contributed by atoms with Gasteiger partial charge in [-0.05, 0) is 101 Å². The second-order valence-corrected chi connectivity index (χ2v) is 11.2. The van der Waals surface area contributed by atoms with E-state index in [0.29, 0.717) is 23.7 Å². The Morgan fingerprint density at radius 3 is 2.63 bits per heavy atom. The zero-order valence-corrected chi connectivity index (χ0v) is 23.8. The molecule has 3 aromatic carbocycles. The van der Waals surface area contributed by atoms with Crippen LogP contribution in [0.15, 0.2) is 71.7 Å². The number of hydrogen-bond acceptors (Lipinski definition) is 5. The molecule has 1 aliphatic carbocycles. The average molecular weight is 641 g/mol. The summed E-state index contributed by atoms with van der Waals surface area (Å²) < 4.78 is 25.7. The lowest BCUT2D eigenvalue weighted by Gasteiger charge is -2.14. The average Bonchev–Trinajstić information content (AvgIpc) is 3.31. The number of hydrogen-bond donors (Lipinski definition) is 1. The van der Waals surface area contributed by atoms with Gasteiger partial charge in [0.15, 0.2) is 11.5 Å². The fraction of sp³-hybridized carbons (Fsp3) is 0.200.